The summed E-state index contributed by atoms with van der Waals surface area (Å²) in [6.45, 7) is 5.64. The summed E-state index contributed by atoms with van der Waals surface area (Å²) in [5, 5.41) is 0.323. The van der Waals surface area contributed by atoms with Crippen LogP contribution in [0.25, 0.3) is 11.0 Å². The highest BCUT2D eigenvalue weighted by Crippen LogP contribution is 2.62. The molecular weight excluding hydrogens is 601 g/mol. The molecule has 0 spiro atoms. The molecule has 4 aromatic rings. The Morgan fingerprint density at radius 3 is 2.62 bits per heavy atom. The molecule has 0 N–H and O–H groups in total. The highest BCUT2D eigenvalue weighted by atomic mass is 35.5. The van der Waals surface area contributed by atoms with Crippen molar-refractivity contribution in [2.24, 2.45) is 11.8 Å². The van der Waals surface area contributed by atoms with Crippen LogP contribution >= 0.6 is 11.6 Å². The Labute approximate surface area is 264 Å². The Bertz CT molecular complexity index is 1830. The average Bonchev–Trinajstić information content (AvgIpc) is 3.29. The van der Waals surface area contributed by atoms with Crippen molar-refractivity contribution < 1.29 is 32.9 Å². The maximum absolute atomic E-state index is 14.9. The molecule has 0 amide bonds. The van der Waals surface area contributed by atoms with E-state index in [1.807, 2.05) is 18.2 Å². The van der Waals surface area contributed by atoms with Gasteiger partial charge in [-0.25, -0.2) is 14.2 Å². The summed E-state index contributed by atoms with van der Waals surface area (Å²) in [5.74, 6) is 1.87. The zero-order chi connectivity index (χ0) is 31.0. The van der Waals surface area contributed by atoms with Crippen molar-refractivity contribution in [3.05, 3.63) is 81.9 Å². The van der Waals surface area contributed by atoms with Crippen molar-refractivity contribution in [1.82, 2.24) is 14.5 Å². The molecule has 4 heterocycles. The van der Waals surface area contributed by atoms with Crippen LogP contribution < -0.4 is 14.2 Å². The fourth-order valence-corrected chi connectivity index (χ4v) is 7.53. The number of rotatable bonds is 8. The van der Waals surface area contributed by atoms with Gasteiger partial charge in [-0.15, -0.1) is 0 Å². The number of esters is 1. The van der Waals surface area contributed by atoms with E-state index in [0.717, 1.165) is 48.5 Å². The van der Waals surface area contributed by atoms with Crippen LogP contribution in [0.1, 0.15) is 46.6 Å². The van der Waals surface area contributed by atoms with Crippen molar-refractivity contribution >= 4 is 28.6 Å². The third-order valence-electron chi connectivity index (χ3n) is 9.74. The number of benzene rings is 3. The lowest BCUT2D eigenvalue weighted by Gasteiger charge is -2.28. The number of nitrogens with zero attached hydrogens (tertiary/aromatic N) is 3. The monoisotopic (exact) mass is 633 g/mol. The normalized spacial score (nSPS) is 26.5. The van der Waals surface area contributed by atoms with Crippen LogP contribution in [0.15, 0.2) is 48.5 Å². The lowest BCUT2D eigenvalue weighted by molar-refractivity contribution is -0.0710. The second-order valence-electron chi connectivity index (χ2n) is 12.5. The first-order chi connectivity index (χ1) is 21.8. The smallest absolute Gasteiger partial charge is 0.338 e. The highest BCUT2D eigenvalue weighted by Gasteiger charge is 2.58. The maximum atomic E-state index is 14.9. The highest BCUT2D eigenvalue weighted by molar-refractivity contribution is 6.30. The Morgan fingerprint density at radius 2 is 1.93 bits per heavy atom. The van der Waals surface area contributed by atoms with E-state index in [0.29, 0.717) is 64.2 Å². The molecule has 4 aliphatic rings. The van der Waals surface area contributed by atoms with Crippen LogP contribution in [0.2, 0.25) is 5.02 Å². The molecule has 0 bridgehead atoms. The van der Waals surface area contributed by atoms with Gasteiger partial charge < -0.3 is 28.3 Å². The lowest BCUT2D eigenvalue weighted by atomic mass is 10.0. The van der Waals surface area contributed by atoms with Crippen LogP contribution in [0.3, 0.4) is 0 Å². The molecule has 234 valence electrons. The summed E-state index contributed by atoms with van der Waals surface area (Å²) in [5.41, 5.74) is 3.39. The minimum atomic E-state index is -1.28. The van der Waals surface area contributed by atoms with Gasteiger partial charge in [0.05, 0.1) is 50.1 Å². The first-order valence-corrected chi connectivity index (χ1v) is 15.6. The largest absolute Gasteiger partial charge is 0.494 e. The van der Waals surface area contributed by atoms with E-state index < -0.39 is 17.6 Å². The number of fused-ring (bicyclic) bond motifs is 3. The molecule has 3 aromatic carbocycles. The van der Waals surface area contributed by atoms with Gasteiger partial charge in [-0.1, -0.05) is 23.7 Å². The Kier molecular flexibility index (Phi) is 6.74. The van der Waals surface area contributed by atoms with Gasteiger partial charge >= 0.3 is 5.97 Å². The molecule has 3 aliphatic heterocycles. The summed E-state index contributed by atoms with van der Waals surface area (Å²) < 4.78 is 46.0. The third kappa shape index (κ3) is 4.73. The molecule has 1 aromatic heterocycles. The fourth-order valence-electron chi connectivity index (χ4n) is 7.37. The second kappa shape index (κ2) is 10.6. The van der Waals surface area contributed by atoms with E-state index in [1.165, 1.54) is 13.2 Å². The SMILES string of the molecule is COC(=O)c1cc(OC)c2nc(CN3C[C@@H]4C(c5cccc6c5O[C@](C)(c5ccc(Cl)cc5F)O6)[C@@H]4C3)n(C[C@@H]3CCO3)c2c1. The fraction of sp³-hybridized carbons (Fsp3) is 0.412. The standard InChI is InChI=1S/C34H33ClFN3O6/c1-34(24-8-7-19(35)13-25(24)36)44-27-6-4-5-21(32(27)45-34)30-22-15-38(16-23(22)30)17-29-37-31-26(39(29)14-20-9-10-43-20)11-18(33(40)42-3)12-28(31)41-2/h4-8,11-13,20,22-23,30H,9-10,14-17H2,1-3H3/t20-,22-,23+,30?,34+/m0/s1. The number of likely N-dealkylation sites (tertiary alicyclic amines) is 1. The van der Waals surface area contributed by atoms with Gasteiger partial charge in [0.15, 0.2) is 11.5 Å². The van der Waals surface area contributed by atoms with E-state index in [9.17, 15) is 9.18 Å². The summed E-state index contributed by atoms with van der Waals surface area (Å²) in [4.78, 5) is 19.9. The van der Waals surface area contributed by atoms with Gasteiger partial charge in [-0.2, -0.15) is 0 Å². The van der Waals surface area contributed by atoms with Crippen LogP contribution in [-0.2, 0) is 28.4 Å². The van der Waals surface area contributed by atoms with Gasteiger partial charge in [-0.3, -0.25) is 4.90 Å². The van der Waals surface area contributed by atoms with Crippen molar-refractivity contribution in [2.45, 2.75) is 44.2 Å². The Hall–Kier alpha value is -3.86. The molecule has 1 saturated carbocycles. The average molecular weight is 634 g/mol. The minimum Gasteiger partial charge on any atom is -0.494 e. The zero-order valence-electron chi connectivity index (χ0n) is 25.2. The predicted octanol–water partition coefficient (Wildman–Crippen LogP) is 5.90. The van der Waals surface area contributed by atoms with Gasteiger partial charge in [-0.05, 0) is 60.6 Å². The molecule has 11 heteroatoms. The van der Waals surface area contributed by atoms with Gasteiger partial charge in [0, 0.05) is 37.2 Å². The van der Waals surface area contributed by atoms with Gasteiger partial charge in [0.1, 0.15) is 22.9 Å². The molecule has 45 heavy (non-hydrogen) atoms. The van der Waals surface area contributed by atoms with Crippen molar-refractivity contribution in [2.75, 3.05) is 33.9 Å². The van der Waals surface area contributed by atoms with E-state index in [2.05, 4.69) is 15.5 Å². The number of methoxy groups -OCH3 is 2. The molecule has 2 saturated heterocycles. The van der Waals surface area contributed by atoms with Crippen molar-refractivity contribution in [3.63, 3.8) is 0 Å². The third-order valence-corrected chi connectivity index (χ3v) is 9.98. The predicted molar refractivity (Wildman–Crippen MR) is 163 cm³/mol. The lowest BCUT2D eigenvalue weighted by Crippen LogP contribution is -2.33. The molecule has 0 radical (unpaired) electrons. The summed E-state index contributed by atoms with van der Waals surface area (Å²) in [6, 6.07) is 14.0. The number of aromatic nitrogens is 2. The summed E-state index contributed by atoms with van der Waals surface area (Å²) in [7, 11) is 2.96. The van der Waals surface area contributed by atoms with Gasteiger partial charge in [0.2, 0.25) is 0 Å². The first kappa shape index (κ1) is 28.6. The molecule has 1 unspecified atom stereocenters. The molecular formula is C34H33ClFN3O6. The number of hydrogen-bond donors (Lipinski definition) is 0. The number of ether oxygens (including phenoxy) is 5. The topological polar surface area (TPSA) is 84.3 Å². The van der Waals surface area contributed by atoms with Crippen LogP contribution in [0.4, 0.5) is 4.39 Å². The summed E-state index contributed by atoms with van der Waals surface area (Å²) in [6.07, 6.45) is 1.10. The van der Waals surface area contributed by atoms with Crippen LogP contribution in [-0.4, -0.2) is 60.4 Å². The number of imidazole rings is 1. The second-order valence-corrected chi connectivity index (χ2v) is 12.9. The van der Waals surface area contributed by atoms with Crippen LogP contribution in [0.5, 0.6) is 17.2 Å². The molecule has 8 rings (SSSR count). The van der Waals surface area contributed by atoms with E-state index in [4.69, 9.17) is 40.3 Å². The van der Waals surface area contributed by atoms with Crippen molar-refractivity contribution in [1.29, 1.82) is 0 Å². The number of halogens is 2. The molecule has 5 atom stereocenters. The van der Waals surface area contributed by atoms with Crippen LogP contribution in [0, 0.1) is 17.7 Å². The maximum Gasteiger partial charge on any atom is 0.338 e. The molecule has 3 fully saturated rings. The molecule has 1 aliphatic carbocycles. The minimum absolute atomic E-state index is 0.111. The zero-order valence-corrected chi connectivity index (χ0v) is 26.0. The number of carbonyl (C=O) groups excluding carboxylic acids is 1. The first-order valence-electron chi connectivity index (χ1n) is 15.2. The number of para-hydroxylation sites is 1. The van der Waals surface area contributed by atoms with E-state index >= 15 is 0 Å². The number of carbonyl (C=O) groups is 1. The number of hydrogen-bond acceptors (Lipinski definition) is 8. The van der Waals surface area contributed by atoms with E-state index in [-0.39, 0.29) is 6.10 Å². The Morgan fingerprint density at radius 1 is 1.13 bits per heavy atom. The van der Waals surface area contributed by atoms with E-state index in [1.54, 1.807) is 32.2 Å². The van der Waals surface area contributed by atoms with Crippen molar-refractivity contribution in [3.8, 4) is 17.2 Å². The number of piperidine rings is 1. The molecule has 9 nitrogen and oxygen atoms in total. The van der Waals surface area contributed by atoms with Gasteiger partial charge in [0.25, 0.3) is 5.79 Å². The quantitative estimate of drug-likeness (QED) is 0.222. The Balaban J connectivity index is 1.02. The summed E-state index contributed by atoms with van der Waals surface area (Å²) >= 11 is 5.99.